The second-order valence-corrected chi connectivity index (χ2v) is 7.77. The van der Waals surface area contributed by atoms with Gasteiger partial charge in [-0.15, -0.1) is 0 Å². The Morgan fingerprint density at radius 1 is 1.38 bits per heavy atom. The third kappa shape index (κ3) is 4.22. The highest BCUT2D eigenvalue weighted by molar-refractivity contribution is 6.31. The molecule has 29 heavy (non-hydrogen) atoms. The molecule has 0 radical (unpaired) electrons. The van der Waals surface area contributed by atoms with E-state index in [9.17, 15) is 9.59 Å². The number of fused-ring (bicyclic) bond motifs is 1. The maximum absolute atomic E-state index is 12.7. The van der Waals surface area contributed by atoms with Crippen LogP contribution in [-0.4, -0.2) is 63.1 Å². The van der Waals surface area contributed by atoms with E-state index in [1.807, 2.05) is 24.3 Å². The number of nitrogens with one attached hydrogen (secondary N) is 3. The fourth-order valence-corrected chi connectivity index (χ4v) is 3.91. The van der Waals surface area contributed by atoms with Gasteiger partial charge in [0.05, 0.1) is 24.3 Å². The van der Waals surface area contributed by atoms with Crippen molar-refractivity contribution in [2.45, 2.75) is 25.4 Å². The number of rotatable bonds is 4. The van der Waals surface area contributed by atoms with Crippen LogP contribution in [0.2, 0.25) is 5.02 Å². The van der Waals surface area contributed by atoms with Crippen molar-refractivity contribution < 1.29 is 9.59 Å². The molecule has 1 saturated heterocycles. The molecule has 3 heterocycles. The van der Waals surface area contributed by atoms with Crippen molar-refractivity contribution in [2.75, 3.05) is 20.1 Å². The van der Waals surface area contributed by atoms with Crippen molar-refractivity contribution in [1.82, 2.24) is 30.3 Å². The van der Waals surface area contributed by atoms with E-state index in [0.717, 1.165) is 29.4 Å². The van der Waals surface area contributed by atoms with Gasteiger partial charge in [-0.05, 0) is 37.1 Å². The molecule has 152 valence electrons. The van der Waals surface area contributed by atoms with Gasteiger partial charge in [-0.25, -0.2) is 4.79 Å². The Kier molecular flexibility index (Phi) is 5.44. The predicted molar refractivity (Wildman–Crippen MR) is 111 cm³/mol. The lowest BCUT2D eigenvalue weighted by Gasteiger charge is -2.37. The zero-order valence-corrected chi connectivity index (χ0v) is 16.9. The normalized spacial score (nSPS) is 16.8. The van der Waals surface area contributed by atoms with Gasteiger partial charge in [-0.1, -0.05) is 11.6 Å². The van der Waals surface area contributed by atoms with Gasteiger partial charge in [0.25, 0.3) is 5.91 Å². The van der Waals surface area contributed by atoms with E-state index in [1.54, 1.807) is 23.0 Å². The number of urea groups is 1. The van der Waals surface area contributed by atoms with Gasteiger partial charge >= 0.3 is 6.03 Å². The Balaban J connectivity index is 1.34. The molecule has 1 fully saturated rings. The van der Waals surface area contributed by atoms with Crippen LogP contribution in [0.5, 0.6) is 0 Å². The Morgan fingerprint density at radius 3 is 3.03 bits per heavy atom. The summed E-state index contributed by atoms with van der Waals surface area (Å²) in [5, 5.41) is 11.1. The molecule has 8 nitrogen and oxygen atoms in total. The number of benzene rings is 1. The number of halogens is 1. The summed E-state index contributed by atoms with van der Waals surface area (Å²) in [6, 6.07) is 7.43. The minimum atomic E-state index is -0.163. The van der Waals surface area contributed by atoms with Gasteiger partial charge in [-0.2, -0.15) is 5.10 Å². The Bertz CT molecular complexity index is 1020. The first-order valence-electron chi connectivity index (χ1n) is 9.57. The maximum atomic E-state index is 12.7. The van der Waals surface area contributed by atoms with Crippen LogP contribution >= 0.6 is 11.6 Å². The number of carbonyl (C=O) groups excluding carboxylic acids is 2. The molecular weight excluding hydrogens is 392 g/mol. The number of aromatic amines is 2. The van der Waals surface area contributed by atoms with Gasteiger partial charge in [0.15, 0.2) is 0 Å². The van der Waals surface area contributed by atoms with Gasteiger partial charge in [0.2, 0.25) is 0 Å². The topological polar surface area (TPSA) is 97.1 Å². The van der Waals surface area contributed by atoms with Crippen LogP contribution in [-0.2, 0) is 6.54 Å². The minimum absolute atomic E-state index is 0.0267. The summed E-state index contributed by atoms with van der Waals surface area (Å²) in [7, 11) is 1.77. The Hall–Kier alpha value is -3.00. The lowest BCUT2D eigenvalue weighted by Crippen LogP contribution is -2.52. The maximum Gasteiger partial charge on any atom is 0.317 e. The van der Waals surface area contributed by atoms with Crippen molar-refractivity contribution in [3.63, 3.8) is 0 Å². The highest BCUT2D eigenvalue weighted by Gasteiger charge is 2.29. The number of likely N-dealkylation sites (tertiary alicyclic amines) is 1. The minimum Gasteiger partial charge on any atom is -0.357 e. The Morgan fingerprint density at radius 2 is 2.24 bits per heavy atom. The summed E-state index contributed by atoms with van der Waals surface area (Å²) in [6.45, 7) is 1.59. The molecule has 2 aromatic heterocycles. The third-order valence-electron chi connectivity index (χ3n) is 5.37. The summed E-state index contributed by atoms with van der Waals surface area (Å²) in [4.78, 5) is 32.0. The number of H-pyrrole nitrogens is 2. The zero-order chi connectivity index (χ0) is 20.4. The number of hydrogen-bond acceptors (Lipinski definition) is 3. The monoisotopic (exact) mass is 414 g/mol. The van der Waals surface area contributed by atoms with Crippen LogP contribution in [0.15, 0.2) is 36.7 Å². The first kappa shape index (κ1) is 19.3. The van der Waals surface area contributed by atoms with E-state index in [0.29, 0.717) is 30.2 Å². The number of likely N-dealkylation sites (N-methyl/N-ethyl adjacent to an activating group) is 1. The molecule has 1 aliphatic rings. The van der Waals surface area contributed by atoms with Crippen molar-refractivity contribution in [3.8, 4) is 0 Å². The van der Waals surface area contributed by atoms with Crippen LogP contribution in [0, 0.1) is 0 Å². The number of piperidine rings is 1. The molecule has 1 atom stereocenters. The van der Waals surface area contributed by atoms with E-state index < -0.39 is 0 Å². The molecule has 3 N–H and O–H groups in total. The fraction of sp³-hybridized carbons (Fsp3) is 0.350. The second kappa shape index (κ2) is 8.16. The molecule has 0 unspecified atom stereocenters. The molecule has 1 aliphatic heterocycles. The SMILES string of the molecule is CN(C(=O)NCc1cc2cc(Cl)ccc2[nH]1)[C@@H]1CCCN(C(=O)c2cn[nH]c2)C1. The molecule has 4 rings (SSSR count). The number of aromatic nitrogens is 3. The van der Waals surface area contributed by atoms with Crippen molar-refractivity contribution in [3.05, 3.63) is 52.9 Å². The van der Waals surface area contributed by atoms with Gasteiger partial charge in [0.1, 0.15) is 0 Å². The van der Waals surface area contributed by atoms with E-state index in [-0.39, 0.29) is 18.0 Å². The van der Waals surface area contributed by atoms with Crippen molar-refractivity contribution in [2.24, 2.45) is 0 Å². The van der Waals surface area contributed by atoms with E-state index >= 15 is 0 Å². The molecule has 0 spiro atoms. The highest BCUT2D eigenvalue weighted by atomic mass is 35.5. The van der Waals surface area contributed by atoms with Crippen LogP contribution in [0.1, 0.15) is 28.9 Å². The summed E-state index contributed by atoms with van der Waals surface area (Å²) >= 11 is 6.03. The average molecular weight is 415 g/mol. The van der Waals surface area contributed by atoms with E-state index in [1.165, 1.54) is 6.20 Å². The van der Waals surface area contributed by atoms with Crippen LogP contribution in [0.25, 0.3) is 10.9 Å². The molecule has 1 aromatic carbocycles. The predicted octanol–water partition coefficient (Wildman–Crippen LogP) is 2.99. The van der Waals surface area contributed by atoms with Crippen LogP contribution < -0.4 is 5.32 Å². The van der Waals surface area contributed by atoms with E-state index in [2.05, 4.69) is 20.5 Å². The summed E-state index contributed by atoms with van der Waals surface area (Å²) in [6.07, 6.45) is 4.84. The number of carbonyl (C=O) groups is 2. The first-order chi connectivity index (χ1) is 14.0. The Labute approximate surface area is 173 Å². The number of hydrogen-bond donors (Lipinski definition) is 3. The summed E-state index contributed by atoms with van der Waals surface area (Å²) < 4.78 is 0. The molecule has 0 aliphatic carbocycles. The van der Waals surface area contributed by atoms with Gasteiger partial charge in [0, 0.05) is 48.0 Å². The van der Waals surface area contributed by atoms with E-state index in [4.69, 9.17) is 11.6 Å². The average Bonchev–Trinajstić information content (AvgIpc) is 3.40. The summed E-state index contributed by atoms with van der Waals surface area (Å²) in [5.74, 6) is -0.0611. The molecule has 0 saturated carbocycles. The van der Waals surface area contributed by atoms with Crippen molar-refractivity contribution >= 4 is 34.4 Å². The molecule has 9 heteroatoms. The lowest BCUT2D eigenvalue weighted by atomic mass is 10.0. The quantitative estimate of drug-likeness (QED) is 0.612. The molecule has 3 amide bonds. The van der Waals surface area contributed by atoms with Gasteiger partial charge < -0.3 is 20.1 Å². The van der Waals surface area contributed by atoms with Crippen molar-refractivity contribution in [1.29, 1.82) is 0 Å². The van der Waals surface area contributed by atoms with Gasteiger partial charge in [-0.3, -0.25) is 9.89 Å². The molecule has 0 bridgehead atoms. The van der Waals surface area contributed by atoms with Crippen LogP contribution in [0.3, 0.4) is 0 Å². The standard InChI is InChI=1S/C20H23ClN6O2/c1-26(17-3-2-6-27(12-17)19(28)14-9-23-24-10-14)20(29)22-11-16-8-13-7-15(21)4-5-18(13)25-16/h4-5,7-10,17,25H,2-3,6,11-12H2,1H3,(H,22,29)(H,23,24)/t17-/m1/s1. The largest absolute Gasteiger partial charge is 0.357 e. The lowest BCUT2D eigenvalue weighted by molar-refractivity contribution is 0.0636. The number of nitrogens with zero attached hydrogens (tertiary/aromatic N) is 3. The van der Waals surface area contributed by atoms with Crippen LogP contribution in [0.4, 0.5) is 4.79 Å². The fourth-order valence-electron chi connectivity index (χ4n) is 3.73. The highest BCUT2D eigenvalue weighted by Crippen LogP contribution is 2.20. The smallest absolute Gasteiger partial charge is 0.317 e. The summed E-state index contributed by atoms with van der Waals surface area (Å²) in [5.41, 5.74) is 2.42. The second-order valence-electron chi connectivity index (χ2n) is 7.33. The molecule has 3 aromatic rings. The third-order valence-corrected chi connectivity index (χ3v) is 5.60. The molecular formula is C20H23ClN6O2. The number of amides is 3. The zero-order valence-electron chi connectivity index (χ0n) is 16.1. The first-order valence-corrected chi connectivity index (χ1v) is 9.95.